The predicted octanol–water partition coefficient (Wildman–Crippen LogP) is 3.49. The van der Waals surface area contributed by atoms with Crippen molar-refractivity contribution in [3.05, 3.63) is 23.7 Å². The second-order valence-corrected chi connectivity index (χ2v) is 4.38. The first-order valence-electron chi connectivity index (χ1n) is 5.99. The van der Waals surface area contributed by atoms with E-state index >= 15 is 0 Å². The molecule has 0 saturated carbocycles. The molecule has 0 aliphatic heterocycles. The lowest BCUT2D eigenvalue weighted by Gasteiger charge is -2.14. The smallest absolute Gasteiger partial charge is 0.371 e. The quantitative estimate of drug-likeness (QED) is 0.792. The van der Waals surface area contributed by atoms with E-state index in [-0.39, 0.29) is 11.9 Å². The van der Waals surface area contributed by atoms with Gasteiger partial charge in [0.15, 0.2) is 0 Å². The van der Waals surface area contributed by atoms with Crippen LogP contribution in [0.1, 0.15) is 56.0 Å². The Balaban J connectivity index is 2.46. The average Bonchev–Trinajstić information content (AvgIpc) is 2.75. The SMILES string of the molecule is CCCC(C)COC(C)c1ccc(C(=O)O)o1. The first-order chi connectivity index (χ1) is 8.04. The number of aromatic carboxylic acids is 1. The van der Waals surface area contributed by atoms with Gasteiger partial charge in [-0.25, -0.2) is 4.79 Å². The molecule has 0 saturated heterocycles. The Bertz CT molecular complexity index is 356. The van der Waals surface area contributed by atoms with Gasteiger partial charge >= 0.3 is 5.97 Å². The van der Waals surface area contributed by atoms with Crippen LogP contribution in [0.3, 0.4) is 0 Å². The number of hydrogen-bond donors (Lipinski definition) is 1. The second-order valence-electron chi connectivity index (χ2n) is 4.38. The van der Waals surface area contributed by atoms with Crippen molar-refractivity contribution < 1.29 is 19.1 Å². The van der Waals surface area contributed by atoms with Crippen LogP contribution in [-0.4, -0.2) is 17.7 Å². The standard InChI is InChI=1S/C13H20O4/c1-4-5-9(2)8-16-10(3)11-6-7-12(17-11)13(14)15/h6-7,9-10H,4-5,8H2,1-3H3,(H,14,15). The highest BCUT2D eigenvalue weighted by atomic mass is 16.5. The molecular formula is C13H20O4. The van der Waals surface area contributed by atoms with Crippen molar-refractivity contribution in [1.82, 2.24) is 0 Å². The Hall–Kier alpha value is -1.29. The summed E-state index contributed by atoms with van der Waals surface area (Å²) in [5, 5.41) is 8.73. The Morgan fingerprint density at radius 2 is 2.18 bits per heavy atom. The van der Waals surface area contributed by atoms with Crippen LogP contribution >= 0.6 is 0 Å². The maximum atomic E-state index is 10.7. The molecule has 1 aromatic heterocycles. The second kappa shape index (κ2) is 6.45. The average molecular weight is 240 g/mol. The van der Waals surface area contributed by atoms with E-state index in [1.165, 1.54) is 6.07 Å². The summed E-state index contributed by atoms with van der Waals surface area (Å²) < 4.78 is 10.8. The Labute approximate surface area is 102 Å². The summed E-state index contributed by atoms with van der Waals surface area (Å²) in [5.41, 5.74) is 0. The van der Waals surface area contributed by atoms with Gasteiger partial charge in [0.2, 0.25) is 5.76 Å². The van der Waals surface area contributed by atoms with E-state index < -0.39 is 5.97 Å². The number of rotatable bonds is 7. The molecule has 1 aromatic rings. The van der Waals surface area contributed by atoms with Crippen molar-refractivity contribution in [2.75, 3.05) is 6.61 Å². The van der Waals surface area contributed by atoms with Crippen LogP contribution in [0.25, 0.3) is 0 Å². The minimum atomic E-state index is -1.05. The maximum Gasteiger partial charge on any atom is 0.371 e. The highest BCUT2D eigenvalue weighted by molar-refractivity contribution is 5.84. The van der Waals surface area contributed by atoms with E-state index in [4.69, 9.17) is 14.3 Å². The van der Waals surface area contributed by atoms with E-state index in [2.05, 4.69) is 13.8 Å². The Morgan fingerprint density at radius 3 is 2.71 bits per heavy atom. The maximum absolute atomic E-state index is 10.7. The van der Waals surface area contributed by atoms with E-state index in [9.17, 15) is 4.79 Å². The summed E-state index contributed by atoms with van der Waals surface area (Å²) in [6.07, 6.45) is 2.07. The summed E-state index contributed by atoms with van der Waals surface area (Å²) >= 11 is 0. The third kappa shape index (κ3) is 4.23. The van der Waals surface area contributed by atoms with Gasteiger partial charge in [0.05, 0.1) is 6.61 Å². The van der Waals surface area contributed by atoms with Crippen molar-refractivity contribution >= 4 is 5.97 Å². The largest absolute Gasteiger partial charge is 0.475 e. The summed E-state index contributed by atoms with van der Waals surface area (Å²) in [6.45, 7) is 6.81. The van der Waals surface area contributed by atoms with Gasteiger partial charge in [-0.3, -0.25) is 0 Å². The van der Waals surface area contributed by atoms with Crippen molar-refractivity contribution in [1.29, 1.82) is 0 Å². The molecule has 96 valence electrons. The van der Waals surface area contributed by atoms with Crippen LogP contribution in [-0.2, 0) is 4.74 Å². The van der Waals surface area contributed by atoms with Gasteiger partial charge in [-0.05, 0) is 31.4 Å². The minimum absolute atomic E-state index is 0.0444. The van der Waals surface area contributed by atoms with Crippen LogP contribution in [0.2, 0.25) is 0 Å². The highest BCUT2D eigenvalue weighted by Crippen LogP contribution is 2.21. The Kier molecular flexibility index (Phi) is 5.22. The highest BCUT2D eigenvalue weighted by Gasteiger charge is 2.15. The van der Waals surface area contributed by atoms with Crippen molar-refractivity contribution in [2.24, 2.45) is 5.92 Å². The van der Waals surface area contributed by atoms with E-state index in [0.29, 0.717) is 18.3 Å². The van der Waals surface area contributed by atoms with Gasteiger partial charge in [-0.1, -0.05) is 20.3 Å². The van der Waals surface area contributed by atoms with Crippen LogP contribution < -0.4 is 0 Å². The molecular weight excluding hydrogens is 220 g/mol. The van der Waals surface area contributed by atoms with Crippen molar-refractivity contribution in [3.8, 4) is 0 Å². The molecule has 0 aliphatic rings. The summed E-state index contributed by atoms with van der Waals surface area (Å²) in [6, 6.07) is 3.10. The summed E-state index contributed by atoms with van der Waals surface area (Å²) in [5.74, 6) is -0.0256. The molecule has 0 fully saturated rings. The number of furan rings is 1. The monoisotopic (exact) mass is 240 g/mol. The zero-order valence-electron chi connectivity index (χ0n) is 10.6. The van der Waals surface area contributed by atoms with Gasteiger partial charge < -0.3 is 14.3 Å². The van der Waals surface area contributed by atoms with E-state index in [0.717, 1.165) is 12.8 Å². The van der Waals surface area contributed by atoms with Crippen LogP contribution in [0.5, 0.6) is 0 Å². The lowest BCUT2D eigenvalue weighted by Crippen LogP contribution is -2.08. The van der Waals surface area contributed by atoms with Crippen LogP contribution in [0.4, 0.5) is 0 Å². The first kappa shape index (κ1) is 13.8. The van der Waals surface area contributed by atoms with Crippen LogP contribution in [0.15, 0.2) is 16.5 Å². The molecule has 4 heteroatoms. The normalized spacial score (nSPS) is 14.5. The van der Waals surface area contributed by atoms with Crippen molar-refractivity contribution in [2.45, 2.75) is 39.7 Å². The number of carboxylic acid groups (broad SMARTS) is 1. The van der Waals surface area contributed by atoms with E-state index in [1.807, 2.05) is 6.92 Å². The molecule has 0 amide bonds. The molecule has 4 nitrogen and oxygen atoms in total. The number of carbonyl (C=O) groups is 1. The fourth-order valence-electron chi connectivity index (χ4n) is 1.65. The topological polar surface area (TPSA) is 59.7 Å². The van der Waals surface area contributed by atoms with Gasteiger partial charge in [-0.15, -0.1) is 0 Å². The van der Waals surface area contributed by atoms with Gasteiger partial charge in [0.1, 0.15) is 11.9 Å². The first-order valence-corrected chi connectivity index (χ1v) is 5.99. The number of carboxylic acids is 1. The molecule has 17 heavy (non-hydrogen) atoms. The fraction of sp³-hybridized carbons (Fsp3) is 0.615. The molecule has 0 aliphatic carbocycles. The predicted molar refractivity (Wildman–Crippen MR) is 64.1 cm³/mol. The van der Waals surface area contributed by atoms with Gasteiger partial charge in [-0.2, -0.15) is 0 Å². The third-order valence-corrected chi connectivity index (χ3v) is 2.65. The molecule has 2 unspecified atom stereocenters. The lowest BCUT2D eigenvalue weighted by atomic mass is 10.1. The molecule has 1 rings (SSSR count). The third-order valence-electron chi connectivity index (χ3n) is 2.65. The Morgan fingerprint density at radius 1 is 1.47 bits per heavy atom. The molecule has 1 heterocycles. The summed E-state index contributed by atoms with van der Waals surface area (Å²) in [4.78, 5) is 10.7. The number of ether oxygens (including phenoxy) is 1. The number of hydrogen-bond acceptors (Lipinski definition) is 3. The lowest BCUT2D eigenvalue weighted by molar-refractivity contribution is 0.0271. The molecule has 0 bridgehead atoms. The van der Waals surface area contributed by atoms with E-state index in [1.54, 1.807) is 6.07 Å². The molecule has 1 N–H and O–H groups in total. The summed E-state index contributed by atoms with van der Waals surface area (Å²) in [7, 11) is 0. The van der Waals surface area contributed by atoms with Gasteiger partial charge in [0, 0.05) is 0 Å². The minimum Gasteiger partial charge on any atom is -0.475 e. The molecule has 0 radical (unpaired) electrons. The zero-order chi connectivity index (χ0) is 12.8. The van der Waals surface area contributed by atoms with Crippen LogP contribution in [0, 0.1) is 5.92 Å². The molecule has 2 atom stereocenters. The molecule has 0 aromatic carbocycles. The molecule has 0 spiro atoms. The fourth-order valence-corrected chi connectivity index (χ4v) is 1.65. The van der Waals surface area contributed by atoms with Gasteiger partial charge in [0.25, 0.3) is 0 Å². The zero-order valence-corrected chi connectivity index (χ0v) is 10.6. The van der Waals surface area contributed by atoms with Crippen molar-refractivity contribution in [3.63, 3.8) is 0 Å².